The zero-order valence-corrected chi connectivity index (χ0v) is 11.6. The van der Waals surface area contributed by atoms with Crippen LogP contribution in [-0.2, 0) is 29.1 Å². The van der Waals surface area contributed by atoms with Gasteiger partial charge >= 0.3 is 11.9 Å². The minimum absolute atomic E-state index is 0.0990. The Morgan fingerprint density at radius 3 is 2.28 bits per heavy atom. The standard InChI is InChI=1S/C10H19NO6S/c1-4-5-6-18(14,15)11-8(10(13)17-3)7-9(12)16-2/h8,11H,4-7H2,1-3H3/t8-/m0/s1. The number of sulfonamides is 1. The van der Waals surface area contributed by atoms with Crippen molar-refractivity contribution in [3.8, 4) is 0 Å². The SMILES string of the molecule is CCCCS(=O)(=O)N[C@@H](CC(=O)OC)C(=O)OC. The van der Waals surface area contributed by atoms with Gasteiger partial charge in [-0.3, -0.25) is 9.59 Å². The maximum Gasteiger partial charge on any atom is 0.324 e. The van der Waals surface area contributed by atoms with E-state index in [4.69, 9.17) is 0 Å². The van der Waals surface area contributed by atoms with Crippen molar-refractivity contribution in [3.05, 3.63) is 0 Å². The summed E-state index contributed by atoms with van der Waals surface area (Å²) in [6, 6.07) is -1.25. The number of nitrogens with one attached hydrogen (secondary N) is 1. The molecule has 8 heteroatoms. The molecule has 0 aliphatic carbocycles. The third kappa shape index (κ3) is 6.55. The molecule has 106 valence electrons. The zero-order chi connectivity index (χ0) is 14.2. The smallest absolute Gasteiger partial charge is 0.324 e. The van der Waals surface area contributed by atoms with E-state index in [-0.39, 0.29) is 5.75 Å². The van der Waals surface area contributed by atoms with Gasteiger partial charge in [-0.05, 0) is 6.42 Å². The second kappa shape index (κ2) is 8.04. The fourth-order valence-corrected chi connectivity index (χ4v) is 2.58. The summed E-state index contributed by atoms with van der Waals surface area (Å²) in [6.07, 6.45) is 0.788. The van der Waals surface area contributed by atoms with Crippen LogP contribution in [-0.4, -0.2) is 46.4 Å². The number of rotatable bonds is 8. The Morgan fingerprint density at radius 1 is 1.22 bits per heavy atom. The van der Waals surface area contributed by atoms with Gasteiger partial charge in [-0.1, -0.05) is 13.3 Å². The first-order valence-corrected chi connectivity index (χ1v) is 7.16. The van der Waals surface area contributed by atoms with E-state index in [0.29, 0.717) is 12.8 Å². The normalized spacial score (nSPS) is 12.8. The van der Waals surface area contributed by atoms with Crippen LogP contribution in [0, 0.1) is 0 Å². The summed E-state index contributed by atoms with van der Waals surface area (Å²) in [4.78, 5) is 22.4. The maximum atomic E-state index is 11.6. The molecule has 1 N–H and O–H groups in total. The highest BCUT2D eigenvalue weighted by Crippen LogP contribution is 2.02. The summed E-state index contributed by atoms with van der Waals surface area (Å²) in [7, 11) is -1.34. The molecule has 0 saturated heterocycles. The third-order valence-corrected chi connectivity index (χ3v) is 3.64. The van der Waals surface area contributed by atoms with Crippen molar-refractivity contribution in [1.29, 1.82) is 0 Å². The van der Waals surface area contributed by atoms with Crippen molar-refractivity contribution in [2.45, 2.75) is 32.2 Å². The van der Waals surface area contributed by atoms with E-state index in [0.717, 1.165) is 14.2 Å². The minimum atomic E-state index is -3.61. The summed E-state index contributed by atoms with van der Waals surface area (Å²) < 4.78 is 34.2. The number of ether oxygens (including phenoxy) is 2. The van der Waals surface area contributed by atoms with Gasteiger partial charge in [0.1, 0.15) is 6.04 Å². The van der Waals surface area contributed by atoms with E-state index in [2.05, 4.69) is 14.2 Å². The van der Waals surface area contributed by atoms with Gasteiger partial charge in [0.05, 0.1) is 26.4 Å². The number of methoxy groups -OCH3 is 2. The molecule has 7 nitrogen and oxygen atoms in total. The van der Waals surface area contributed by atoms with E-state index in [1.807, 2.05) is 6.92 Å². The number of hydrogen-bond acceptors (Lipinski definition) is 6. The highest BCUT2D eigenvalue weighted by molar-refractivity contribution is 7.89. The van der Waals surface area contributed by atoms with Gasteiger partial charge in [-0.15, -0.1) is 0 Å². The molecule has 0 aliphatic rings. The zero-order valence-electron chi connectivity index (χ0n) is 10.8. The predicted octanol–water partition coefficient (Wildman–Crippen LogP) is -0.189. The number of hydrogen-bond donors (Lipinski definition) is 1. The van der Waals surface area contributed by atoms with Crippen molar-refractivity contribution in [2.75, 3.05) is 20.0 Å². The van der Waals surface area contributed by atoms with Gasteiger partial charge in [-0.25, -0.2) is 13.1 Å². The first-order valence-electron chi connectivity index (χ1n) is 5.51. The van der Waals surface area contributed by atoms with Crippen molar-refractivity contribution >= 4 is 22.0 Å². The highest BCUT2D eigenvalue weighted by atomic mass is 32.2. The predicted molar refractivity (Wildman–Crippen MR) is 64.3 cm³/mol. The molecule has 0 bridgehead atoms. The fourth-order valence-electron chi connectivity index (χ4n) is 1.18. The molecule has 0 saturated carbocycles. The molecule has 0 fully saturated rings. The highest BCUT2D eigenvalue weighted by Gasteiger charge is 2.27. The fraction of sp³-hybridized carbons (Fsp3) is 0.800. The van der Waals surface area contributed by atoms with Crippen LogP contribution < -0.4 is 4.72 Å². The molecule has 0 amide bonds. The summed E-state index contributed by atoms with van der Waals surface area (Å²) in [5.74, 6) is -1.61. The van der Waals surface area contributed by atoms with Gasteiger partial charge in [0, 0.05) is 0 Å². The molecule has 0 rings (SSSR count). The van der Waals surface area contributed by atoms with Crippen molar-refractivity contribution < 1.29 is 27.5 Å². The van der Waals surface area contributed by atoms with E-state index < -0.39 is 34.4 Å². The summed E-state index contributed by atoms with van der Waals surface area (Å²) >= 11 is 0. The van der Waals surface area contributed by atoms with Gasteiger partial charge in [-0.2, -0.15) is 0 Å². The quantitative estimate of drug-likeness (QED) is 0.619. The minimum Gasteiger partial charge on any atom is -0.469 e. The Bertz CT molecular complexity index is 378. The molecule has 0 aromatic carbocycles. The van der Waals surface area contributed by atoms with Crippen LogP contribution in [0.3, 0.4) is 0 Å². The van der Waals surface area contributed by atoms with E-state index in [1.165, 1.54) is 0 Å². The molecule has 1 atom stereocenters. The topological polar surface area (TPSA) is 98.8 Å². The Balaban J connectivity index is 4.68. The molecule has 0 heterocycles. The average molecular weight is 281 g/mol. The third-order valence-electron chi connectivity index (χ3n) is 2.17. The monoisotopic (exact) mass is 281 g/mol. The lowest BCUT2D eigenvalue weighted by molar-refractivity contribution is -0.149. The van der Waals surface area contributed by atoms with Crippen LogP contribution in [0.1, 0.15) is 26.2 Å². The molecule has 18 heavy (non-hydrogen) atoms. The van der Waals surface area contributed by atoms with Crippen LogP contribution in [0.15, 0.2) is 0 Å². The molecular formula is C10H19NO6S. The summed E-state index contributed by atoms with van der Waals surface area (Å²) in [5, 5.41) is 0. The number of esters is 2. The van der Waals surface area contributed by atoms with Gasteiger partial charge < -0.3 is 9.47 Å². The maximum absolute atomic E-state index is 11.6. The van der Waals surface area contributed by atoms with Crippen LogP contribution >= 0.6 is 0 Å². The molecular weight excluding hydrogens is 262 g/mol. The molecule has 0 aliphatic heterocycles. The molecule has 0 aromatic heterocycles. The van der Waals surface area contributed by atoms with E-state index >= 15 is 0 Å². The van der Waals surface area contributed by atoms with Gasteiger partial charge in [0.25, 0.3) is 0 Å². The molecule has 0 spiro atoms. The average Bonchev–Trinajstić information content (AvgIpc) is 2.34. The number of carbonyl (C=O) groups is 2. The molecule has 0 radical (unpaired) electrons. The van der Waals surface area contributed by atoms with Crippen LogP contribution in [0.25, 0.3) is 0 Å². The second-order valence-corrected chi connectivity index (χ2v) is 5.52. The lowest BCUT2D eigenvalue weighted by atomic mass is 10.2. The van der Waals surface area contributed by atoms with Crippen molar-refractivity contribution in [3.63, 3.8) is 0 Å². The van der Waals surface area contributed by atoms with E-state index in [1.54, 1.807) is 0 Å². The van der Waals surface area contributed by atoms with Gasteiger partial charge in [0.2, 0.25) is 10.0 Å². The summed E-state index contributed by atoms with van der Waals surface area (Å²) in [5.41, 5.74) is 0. The van der Waals surface area contributed by atoms with Crippen LogP contribution in [0.4, 0.5) is 0 Å². The first-order chi connectivity index (χ1) is 8.36. The Hall–Kier alpha value is -1.15. The van der Waals surface area contributed by atoms with Crippen molar-refractivity contribution in [2.24, 2.45) is 0 Å². The lowest BCUT2D eigenvalue weighted by Gasteiger charge is -2.15. The van der Waals surface area contributed by atoms with Crippen LogP contribution in [0.2, 0.25) is 0 Å². The lowest BCUT2D eigenvalue weighted by Crippen LogP contribution is -2.43. The number of unbranched alkanes of at least 4 members (excludes halogenated alkanes) is 1. The Morgan fingerprint density at radius 2 is 1.83 bits per heavy atom. The van der Waals surface area contributed by atoms with Crippen LogP contribution in [0.5, 0.6) is 0 Å². The van der Waals surface area contributed by atoms with Crippen molar-refractivity contribution in [1.82, 2.24) is 4.72 Å². The largest absolute Gasteiger partial charge is 0.469 e. The Kier molecular flexibility index (Phi) is 7.53. The summed E-state index contributed by atoms with van der Waals surface area (Å²) in [6.45, 7) is 1.85. The first kappa shape index (κ1) is 16.9. The second-order valence-electron chi connectivity index (χ2n) is 3.65. The van der Waals surface area contributed by atoms with E-state index in [9.17, 15) is 18.0 Å². The molecule has 0 aromatic rings. The Labute approximate surface area is 107 Å². The molecule has 0 unspecified atom stereocenters. The number of carbonyl (C=O) groups excluding carboxylic acids is 2. The van der Waals surface area contributed by atoms with Gasteiger partial charge in [0.15, 0.2) is 0 Å².